The van der Waals surface area contributed by atoms with Gasteiger partial charge in [0, 0.05) is 32.7 Å². The highest BCUT2D eigenvalue weighted by molar-refractivity contribution is 5.97. The summed E-state index contributed by atoms with van der Waals surface area (Å²) in [5.74, 6) is -0.752. The summed E-state index contributed by atoms with van der Waals surface area (Å²) in [5, 5.41) is 8.93. The fourth-order valence-corrected chi connectivity index (χ4v) is 6.93. The Morgan fingerprint density at radius 3 is 2.61 bits per heavy atom. The van der Waals surface area contributed by atoms with Crippen molar-refractivity contribution in [3.05, 3.63) is 65.2 Å². The van der Waals surface area contributed by atoms with Crippen LogP contribution < -0.4 is 20.7 Å². The van der Waals surface area contributed by atoms with Crippen molar-refractivity contribution in [1.82, 2.24) is 20.9 Å². The van der Waals surface area contributed by atoms with E-state index in [1.807, 2.05) is 60.4 Å². The van der Waals surface area contributed by atoms with Crippen molar-refractivity contribution in [2.24, 2.45) is 17.8 Å². The molecule has 10 heteroatoms. The summed E-state index contributed by atoms with van der Waals surface area (Å²) in [5.41, 5.74) is 1.64. The standard InChI is InChI=1S/C39H54N4O6/c1-27-14-15-33-23-32(27)24-40-38(47)39(3,19-16-29-9-5-4-6-10-29)42-36(45)35(41-34(44)18-21-48-26-31-11-7-12-31)28(2)37(46)43-20-8-13-30(25-43)17-22-49-33/h4-6,9-10,14-15,23,28,30-31,35H,7-8,11-13,16-22,24-26H2,1-3H3,(H,40,47)(H,41,44)(H,42,45)/t28?,30?,35-,39+/m0/s1. The summed E-state index contributed by atoms with van der Waals surface area (Å²) in [6.45, 7) is 8.21. The van der Waals surface area contributed by atoms with E-state index in [1.165, 1.54) is 6.42 Å². The number of amides is 4. The Kier molecular flexibility index (Phi) is 12.7. The number of aryl methyl sites for hydroxylation is 2. The number of piperidine rings is 1. The van der Waals surface area contributed by atoms with Crippen LogP contribution in [0, 0.1) is 24.7 Å². The van der Waals surface area contributed by atoms with Crippen LogP contribution in [0.15, 0.2) is 48.5 Å². The lowest BCUT2D eigenvalue weighted by atomic mass is 9.86. The Balaban J connectivity index is 1.40. The molecule has 4 amide bonds. The molecule has 1 saturated heterocycles. The summed E-state index contributed by atoms with van der Waals surface area (Å²) in [4.78, 5) is 57.4. The van der Waals surface area contributed by atoms with E-state index in [4.69, 9.17) is 9.47 Å². The lowest BCUT2D eigenvalue weighted by molar-refractivity contribution is -0.143. The van der Waals surface area contributed by atoms with E-state index in [9.17, 15) is 19.2 Å². The number of fused-ring (bicyclic) bond motifs is 4. The second-order valence-corrected chi connectivity index (χ2v) is 14.5. The number of carbonyl (C=O) groups is 4. The Morgan fingerprint density at radius 2 is 1.86 bits per heavy atom. The van der Waals surface area contributed by atoms with Crippen LogP contribution in [0.25, 0.3) is 0 Å². The van der Waals surface area contributed by atoms with E-state index < -0.39 is 23.4 Å². The van der Waals surface area contributed by atoms with Gasteiger partial charge in [-0.25, -0.2) is 0 Å². The Hall–Kier alpha value is -3.92. The van der Waals surface area contributed by atoms with Crippen molar-refractivity contribution >= 4 is 23.6 Å². The minimum Gasteiger partial charge on any atom is -0.494 e. The van der Waals surface area contributed by atoms with Crippen molar-refractivity contribution in [3.63, 3.8) is 0 Å². The number of hydrogen-bond donors (Lipinski definition) is 3. The van der Waals surface area contributed by atoms with Crippen LogP contribution in [0.3, 0.4) is 0 Å². The Labute approximate surface area is 291 Å². The highest BCUT2D eigenvalue weighted by Gasteiger charge is 2.41. The van der Waals surface area contributed by atoms with Gasteiger partial charge in [-0.3, -0.25) is 19.2 Å². The molecule has 10 nitrogen and oxygen atoms in total. The van der Waals surface area contributed by atoms with Gasteiger partial charge < -0.3 is 30.3 Å². The van der Waals surface area contributed by atoms with Crippen LogP contribution in [0.2, 0.25) is 0 Å². The maximum Gasteiger partial charge on any atom is 0.245 e. The zero-order valence-electron chi connectivity index (χ0n) is 29.4. The molecule has 4 bridgehead atoms. The van der Waals surface area contributed by atoms with E-state index in [1.54, 1.807) is 13.8 Å². The highest BCUT2D eigenvalue weighted by atomic mass is 16.5. The van der Waals surface area contributed by atoms with E-state index in [0.29, 0.717) is 45.1 Å². The summed E-state index contributed by atoms with van der Waals surface area (Å²) >= 11 is 0. The first-order valence-electron chi connectivity index (χ1n) is 18.1. The number of nitrogens with one attached hydrogen (secondary N) is 3. The molecule has 0 radical (unpaired) electrons. The monoisotopic (exact) mass is 674 g/mol. The van der Waals surface area contributed by atoms with Crippen LogP contribution in [0.1, 0.15) is 81.9 Å². The molecule has 2 unspecified atom stereocenters. The molecule has 0 aromatic heterocycles. The van der Waals surface area contributed by atoms with Crippen LogP contribution in [-0.4, -0.2) is 73.0 Å². The zero-order valence-corrected chi connectivity index (χ0v) is 29.4. The molecule has 3 aliphatic rings. The molecule has 2 heterocycles. The third-order valence-electron chi connectivity index (χ3n) is 10.6. The number of benzene rings is 2. The summed E-state index contributed by atoms with van der Waals surface area (Å²) < 4.78 is 11.9. The fraction of sp³-hybridized carbons (Fsp3) is 0.590. The molecule has 1 aliphatic carbocycles. The van der Waals surface area contributed by atoms with Crippen molar-refractivity contribution in [3.8, 4) is 5.75 Å². The van der Waals surface area contributed by atoms with Crippen LogP contribution in [-0.2, 0) is 36.9 Å². The minimum absolute atomic E-state index is 0.0768. The maximum atomic E-state index is 14.3. The first-order chi connectivity index (χ1) is 23.6. The van der Waals surface area contributed by atoms with Gasteiger partial charge in [-0.1, -0.05) is 49.7 Å². The number of ether oxygens (including phenoxy) is 2. The van der Waals surface area contributed by atoms with Gasteiger partial charge in [0.15, 0.2) is 0 Å². The maximum absolute atomic E-state index is 14.3. The van der Waals surface area contributed by atoms with Crippen LogP contribution >= 0.6 is 0 Å². The lowest BCUT2D eigenvalue weighted by Crippen LogP contribution is -2.63. The van der Waals surface area contributed by atoms with Gasteiger partial charge >= 0.3 is 0 Å². The average molecular weight is 675 g/mol. The first kappa shape index (κ1) is 36.4. The molecule has 3 N–H and O–H groups in total. The molecular weight excluding hydrogens is 620 g/mol. The number of nitrogens with zero attached hydrogens (tertiary/aromatic N) is 1. The molecule has 4 atom stereocenters. The van der Waals surface area contributed by atoms with Gasteiger partial charge in [0.2, 0.25) is 23.6 Å². The molecule has 49 heavy (non-hydrogen) atoms. The number of rotatable bonds is 9. The van der Waals surface area contributed by atoms with E-state index in [2.05, 4.69) is 16.0 Å². The Bertz CT molecular complexity index is 1450. The molecule has 0 spiro atoms. The molecular formula is C39H54N4O6. The summed E-state index contributed by atoms with van der Waals surface area (Å²) in [7, 11) is 0. The predicted molar refractivity (Wildman–Crippen MR) is 188 cm³/mol. The number of carbonyl (C=O) groups excluding carboxylic acids is 4. The lowest BCUT2D eigenvalue weighted by Gasteiger charge is -2.37. The SMILES string of the molecule is Cc1ccc2cc1CNC(=O)[C@@](C)(CCc1ccccc1)NC(=O)[C@@H](NC(=O)CCOCC1CCC1)C(C)C(=O)N1CCCC(CCO2)C1. The zero-order chi connectivity index (χ0) is 34.8. The number of hydrogen-bond acceptors (Lipinski definition) is 6. The quantitative estimate of drug-likeness (QED) is 0.337. The topological polar surface area (TPSA) is 126 Å². The van der Waals surface area contributed by atoms with Gasteiger partial charge in [0.1, 0.15) is 17.3 Å². The largest absolute Gasteiger partial charge is 0.494 e. The molecule has 266 valence electrons. The third kappa shape index (κ3) is 10.1. The second kappa shape index (κ2) is 17.1. The van der Waals surface area contributed by atoms with Gasteiger partial charge in [-0.05, 0) is 99.5 Å². The molecule has 5 rings (SSSR count). The van der Waals surface area contributed by atoms with Crippen molar-refractivity contribution in [2.75, 3.05) is 32.9 Å². The van der Waals surface area contributed by atoms with Crippen LogP contribution in [0.5, 0.6) is 5.75 Å². The van der Waals surface area contributed by atoms with Gasteiger partial charge in [-0.15, -0.1) is 0 Å². The van der Waals surface area contributed by atoms with E-state index >= 15 is 0 Å². The van der Waals surface area contributed by atoms with E-state index in [0.717, 1.165) is 54.5 Å². The molecule has 2 aliphatic heterocycles. The van der Waals surface area contributed by atoms with Gasteiger partial charge in [0.05, 0.1) is 19.1 Å². The van der Waals surface area contributed by atoms with Gasteiger partial charge in [-0.2, -0.15) is 0 Å². The van der Waals surface area contributed by atoms with Crippen molar-refractivity contribution in [1.29, 1.82) is 0 Å². The van der Waals surface area contributed by atoms with Crippen molar-refractivity contribution < 1.29 is 28.7 Å². The highest BCUT2D eigenvalue weighted by Crippen LogP contribution is 2.27. The smallest absolute Gasteiger partial charge is 0.245 e. The predicted octanol–water partition coefficient (Wildman–Crippen LogP) is 4.47. The molecule has 1 saturated carbocycles. The molecule has 2 fully saturated rings. The first-order valence-corrected chi connectivity index (χ1v) is 18.1. The molecule has 2 aromatic carbocycles. The normalized spacial score (nSPS) is 25.6. The molecule has 2 aromatic rings. The van der Waals surface area contributed by atoms with Crippen LogP contribution in [0.4, 0.5) is 0 Å². The third-order valence-corrected chi connectivity index (χ3v) is 10.6. The average Bonchev–Trinajstić information content (AvgIpc) is 3.08. The minimum atomic E-state index is -1.34. The summed E-state index contributed by atoms with van der Waals surface area (Å²) in [6.07, 6.45) is 7.09. The summed E-state index contributed by atoms with van der Waals surface area (Å²) in [6, 6.07) is 14.5. The Morgan fingerprint density at radius 1 is 1.06 bits per heavy atom. The fourth-order valence-electron chi connectivity index (χ4n) is 6.93. The second-order valence-electron chi connectivity index (χ2n) is 14.5. The van der Waals surface area contributed by atoms with E-state index in [-0.39, 0.29) is 43.2 Å². The van der Waals surface area contributed by atoms with Gasteiger partial charge in [0.25, 0.3) is 0 Å². The van der Waals surface area contributed by atoms with Crippen molar-refractivity contribution in [2.45, 2.75) is 96.7 Å².